The van der Waals surface area contributed by atoms with Crippen LogP contribution < -0.4 is 0 Å². The fourth-order valence-electron chi connectivity index (χ4n) is 1.67. The van der Waals surface area contributed by atoms with Gasteiger partial charge >= 0.3 is 5.69 Å². The summed E-state index contributed by atoms with van der Waals surface area (Å²) in [4.78, 5) is 9.57. The first-order valence-electron chi connectivity index (χ1n) is 5.93. The summed E-state index contributed by atoms with van der Waals surface area (Å²) in [5, 5.41) is 29.0. The summed E-state index contributed by atoms with van der Waals surface area (Å²) in [6.45, 7) is 1.53. The molecule has 0 fully saturated rings. The van der Waals surface area contributed by atoms with Gasteiger partial charge in [-0.2, -0.15) is 4.31 Å². The molecule has 0 bridgehead atoms. The molecule has 0 heterocycles. The van der Waals surface area contributed by atoms with Gasteiger partial charge in [0.05, 0.1) is 16.4 Å². The van der Waals surface area contributed by atoms with Crippen LogP contribution in [0, 0.1) is 10.1 Å². The Bertz CT molecular complexity index is 581. The Morgan fingerprint density at radius 1 is 1.35 bits per heavy atom. The molecule has 0 atom stereocenters. The van der Waals surface area contributed by atoms with E-state index < -0.39 is 26.4 Å². The molecule has 0 aliphatic carbocycles. The van der Waals surface area contributed by atoms with Crippen molar-refractivity contribution in [2.75, 3.05) is 19.7 Å². The monoisotopic (exact) mass is 304 g/mol. The van der Waals surface area contributed by atoms with Crippen LogP contribution in [0.2, 0.25) is 0 Å². The summed E-state index contributed by atoms with van der Waals surface area (Å²) in [7, 11) is -3.94. The Morgan fingerprint density at radius 3 is 2.50 bits per heavy atom. The van der Waals surface area contributed by atoms with Crippen molar-refractivity contribution >= 4 is 15.7 Å². The van der Waals surface area contributed by atoms with Gasteiger partial charge in [-0.15, -0.1) is 0 Å². The summed E-state index contributed by atoms with van der Waals surface area (Å²) < 4.78 is 25.7. The van der Waals surface area contributed by atoms with E-state index in [1.54, 1.807) is 6.92 Å². The van der Waals surface area contributed by atoms with Crippen molar-refractivity contribution < 1.29 is 23.6 Å². The highest BCUT2D eigenvalue weighted by Gasteiger charge is 2.26. The molecule has 0 spiro atoms. The maximum absolute atomic E-state index is 12.3. The average molecular weight is 304 g/mol. The van der Waals surface area contributed by atoms with Crippen LogP contribution in [0.15, 0.2) is 23.1 Å². The number of hydrogen-bond donors (Lipinski definition) is 2. The molecule has 9 heteroatoms. The SMILES string of the molecule is CCCN(CCO)S(=O)(=O)c1ccc(O)c([N+](=O)[O-])c1. The molecule has 1 aromatic rings. The van der Waals surface area contributed by atoms with Gasteiger partial charge in [0.2, 0.25) is 10.0 Å². The Hall–Kier alpha value is -1.71. The number of benzene rings is 1. The molecule has 0 aliphatic heterocycles. The smallest absolute Gasteiger partial charge is 0.312 e. The number of aliphatic hydroxyl groups is 1. The van der Waals surface area contributed by atoms with Gasteiger partial charge in [-0.05, 0) is 18.6 Å². The second-order valence-electron chi connectivity index (χ2n) is 4.04. The van der Waals surface area contributed by atoms with E-state index in [1.807, 2.05) is 0 Å². The number of sulfonamides is 1. The van der Waals surface area contributed by atoms with Crippen molar-refractivity contribution in [3.63, 3.8) is 0 Å². The Balaban J connectivity index is 3.26. The van der Waals surface area contributed by atoms with Crippen molar-refractivity contribution in [2.45, 2.75) is 18.2 Å². The van der Waals surface area contributed by atoms with Gasteiger partial charge in [0, 0.05) is 19.2 Å². The third-order valence-corrected chi connectivity index (χ3v) is 4.50. The topological polar surface area (TPSA) is 121 Å². The molecule has 0 saturated carbocycles. The van der Waals surface area contributed by atoms with Gasteiger partial charge in [-0.3, -0.25) is 10.1 Å². The minimum absolute atomic E-state index is 0.0924. The van der Waals surface area contributed by atoms with E-state index in [1.165, 1.54) is 0 Å². The van der Waals surface area contributed by atoms with E-state index in [2.05, 4.69) is 0 Å². The van der Waals surface area contributed by atoms with E-state index in [0.29, 0.717) is 6.42 Å². The second-order valence-corrected chi connectivity index (χ2v) is 5.97. The maximum Gasteiger partial charge on any atom is 0.312 e. The number of nitro groups is 1. The first kappa shape index (κ1) is 16.3. The molecule has 20 heavy (non-hydrogen) atoms. The summed E-state index contributed by atoms with van der Waals surface area (Å²) in [5.41, 5.74) is -0.675. The van der Waals surface area contributed by atoms with Crippen LogP contribution in [-0.2, 0) is 10.0 Å². The third kappa shape index (κ3) is 3.44. The van der Waals surface area contributed by atoms with E-state index in [4.69, 9.17) is 5.11 Å². The maximum atomic E-state index is 12.3. The fraction of sp³-hybridized carbons (Fsp3) is 0.455. The van der Waals surface area contributed by atoms with Crippen LogP contribution in [0.3, 0.4) is 0 Å². The number of phenols is 1. The number of nitro benzene ring substituents is 1. The van der Waals surface area contributed by atoms with Crippen molar-refractivity contribution in [3.8, 4) is 5.75 Å². The zero-order valence-electron chi connectivity index (χ0n) is 10.9. The molecule has 8 nitrogen and oxygen atoms in total. The molecular weight excluding hydrogens is 288 g/mol. The van der Waals surface area contributed by atoms with Crippen molar-refractivity contribution in [1.29, 1.82) is 0 Å². The Kier molecular flexibility index (Phi) is 5.43. The van der Waals surface area contributed by atoms with Gasteiger partial charge in [0.1, 0.15) is 0 Å². The van der Waals surface area contributed by atoms with Gasteiger partial charge in [0.15, 0.2) is 5.75 Å². The summed E-state index contributed by atoms with van der Waals surface area (Å²) >= 11 is 0. The molecule has 0 unspecified atom stereocenters. The lowest BCUT2D eigenvalue weighted by Crippen LogP contribution is -2.34. The lowest BCUT2D eigenvalue weighted by molar-refractivity contribution is -0.386. The fourth-order valence-corrected chi connectivity index (χ4v) is 3.22. The number of aromatic hydroxyl groups is 1. The first-order chi connectivity index (χ1) is 9.34. The summed E-state index contributed by atoms with van der Waals surface area (Å²) in [6, 6.07) is 2.87. The van der Waals surface area contributed by atoms with Crippen molar-refractivity contribution in [2.24, 2.45) is 0 Å². The highest BCUT2D eigenvalue weighted by Crippen LogP contribution is 2.29. The molecular formula is C11H16N2O6S. The molecule has 0 aliphatic rings. The number of nitrogens with zero attached hydrogens (tertiary/aromatic N) is 2. The van der Waals surface area contributed by atoms with E-state index in [0.717, 1.165) is 22.5 Å². The molecule has 0 amide bonds. The van der Waals surface area contributed by atoms with Crippen LogP contribution in [-0.4, -0.2) is 47.6 Å². The van der Waals surface area contributed by atoms with Gasteiger partial charge in [-0.25, -0.2) is 8.42 Å². The molecule has 0 saturated heterocycles. The molecule has 112 valence electrons. The minimum atomic E-state index is -3.94. The molecule has 1 aromatic carbocycles. The standard InChI is InChI=1S/C11H16N2O6S/c1-2-5-12(6-7-14)20(18,19)9-3-4-11(15)10(8-9)13(16)17/h3-4,8,14-15H,2,5-7H2,1H3. The van der Waals surface area contributed by atoms with Crippen LogP contribution >= 0.6 is 0 Å². The lowest BCUT2D eigenvalue weighted by atomic mass is 10.3. The normalized spacial score (nSPS) is 11.8. The quantitative estimate of drug-likeness (QED) is 0.565. The van der Waals surface area contributed by atoms with Crippen molar-refractivity contribution in [3.05, 3.63) is 28.3 Å². The predicted molar refractivity (Wildman–Crippen MR) is 70.9 cm³/mol. The zero-order chi connectivity index (χ0) is 15.3. The number of hydrogen-bond acceptors (Lipinski definition) is 6. The molecule has 0 aromatic heterocycles. The summed E-state index contributed by atoms with van der Waals surface area (Å²) in [5.74, 6) is -0.599. The predicted octanol–water partition coefficient (Wildman–Crippen LogP) is 0.693. The second kappa shape index (κ2) is 6.64. The Labute approximate surface area is 116 Å². The van der Waals surface area contributed by atoms with E-state index in [-0.39, 0.29) is 24.6 Å². The number of phenolic OH excluding ortho intramolecular Hbond substituents is 1. The van der Waals surface area contributed by atoms with Gasteiger partial charge < -0.3 is 10.2 Å². The number of aliphatic hydroxyl groups excluding tert-OH is 1. The van der Waals surface area contributed by atoms with Crippen LogP contribution in [0.5, 0.6) is 5.75 Å². The Morgan fingerprint density at radius 2 is 2.00 bits per heavy atom. The minimum Gasteiger partial charge on any atom is -0.502 e. The van der Waals surface area contributed by atoms with Crippen LogP contribution in [0.4, 0.5) is 5.69 Å². The highest BCUT2D eigenvalue weighted by molar-refractivity contribution is 7.89. The van der Waals surface area contributed by atoms with E-state index in [9.17, 15) is 23.6 Å². The van der Waals surface area contributed by atoms with Crippen molar-refractivity contribution in [1.82, 2.24) is 4.31 Å². The average Bonchev–Trinajstić information content (AvgIpc) is 2.38. The zero-order valence-corrected chi connectivity index (χ0v) is 11.7. The molecule has 2 N–H and O–H groups in total. The highest BCUT2D eigenvalue weighted by atomic mass is 32.2. The van der Waals surface area contributed by atoms with Gasteiger partial charge in [-0.1, -0.05) is 6.92 Å². The van der Waals surface area contributed by atoms with Crippen LogP contribution in [0.25, 0.3) is 0 Å². The summed E-state index contributed by atoms with van der Waals surface area (Å²) in [6.07, 6.45) is 0.541. The van der Waals surface area contributed by atoms with E-state index >= 15 is 0 Å². The first-order valence-corrected chi connectivity index (χ1v) is 7.37. The number of rotatable bonds is 7. The largest absolute Gasteiger partial charge is 0.502 e. The third-order valence-electron chi connectivity index (χ3n) is 2.60. The van der Waals surface area contributed by atoms with Gasteiger partial charge in [0.25, 0.3) is 0 Å². The lowest BCUT2D eigenvalue weighted by Gasteiger charge is -2.20. The molecule has 1 rings (SSSR count). The van der Waals surface area contributed by atoms with Crippen LogP contribution in [0.1, 0.15) is 13.3 Å². The molecule has 0 radical (unpaired) electrons.